The van der Waals surface area contributed by atoms with E-state index in [4.69, 9.17) is 16.9 Å². The van der Waals surface area contributed by atoms with Crippen LogP contribution in [0.3, 0.4) is 0 Å². The Hall–Kier alpha value is -2.25. The summed E-state index contributed by atoms with van der Waals surface area (Å²) in [6.45, 7) is 1.69. The molecular formula is C10H12F3N5. The van der Waals surface area contributed by atoms with E-state index in [1.807, 2.05) is 0 Å². The van der Waals surface area contributed by atoms with Crippen LogP contribution in [0.15, 0.2) is 17.1 Å². The van der Waals surface area contributed by atoms with E-state index in [2.05, 4.69) is 4.99 Å². The first-order chi connectivity index (χ1) is 8.38. The van der Waals surface area contributed by atoms with Crippen molar-refractivity contribution in [1.82, 2.24) is 0 Å². The number of benzene rings is 1. The van der Waals surface area contributed by atoms with Crippen LogP contribution in [0, 0.1) is 22.9 Å². The van der Waals surface area contributed by atoms with Crippen molar-refractivity contribution in [3.8, 4) is 0 Å². The number of halogens is 3. The molecule has 1 aromatic rings. The average molecular weight is 259 g/mol. The summed E-state index contributed by atoms with van der Waals surface area (Å²) in [5.41, 5.74) is 9.86. The Kier molecular flexibility index (Phi) is 4.13. The number of hydrogen-bond acceptors (Lipinski definition) is 1. The predicted octanol–water partition coefficient (Wildman–Crippen LogP) is 1.14. The Morgan fingerprint density at radius 2 is 1.89 bits per heavy atom. The predicted molar refractivity (Wildman–Crippen MR) is 62.9 cm³/mol. The molecule has 0 aliphatic rings. The van der Waals surface area contributed by atoms with Gasteiger partial charge < -0.3 is 16.4 Å². The van der Waals surface area contributed by atoms with Gasteiger partial charge in [-0.15, -0.1) is 0 Å². The van der Waals surface area contributed by atoms with E-state index in [0.29, 0.717) is 0 Å². The molecule has 1 aromatic carbocycles. The molecule has 0 aromatic heterocycles. The van der Waals surface area contributed by atoms with Crippen LogP contribution >= 0.6 is 0 Å². The lowest BCUT2D eigenvalue weighted by molar-refractivity contribution is 0.448. The highest BCUT2D eigenvalue weighted by Crippen LogP contribution is 2.23. The van der Waals surface area contributed by atoms with E-state index in [0.717, 1.165) is 17.0 Å². The van der Waals surface area contributed by atoms with Gasteiger partial charge >= 0.3 is 0 Å². The molecule has 0 radical (unpaired) electrons. The van der Waals surface area contributed by atoms with E-state index in [9.17, 15) is 13.2 Å². The van der Waals surface area contributed by atoms with Crippen LogP contribution in [-0.4, -0.2) is 18.5 Å². The van der Waals surface area contributed by atoms with Crippen molar-refractivity contribution in [3.63, 3.8) is 0 Å². The van der Waals surface area contributed by atoms with Crippen molar-refractivity contribution < 1.29 is 13.2 Å². The fourth-order valence-corrected chi connectivity index (χ4v) is 1.34. The van der Waals surface area contributed by atoms with Crippen molar-refractivity contribution in [2.75, 3.05) is 11.4 Å². The molecule has 0 unspecified atom stereocenters. The lowest BCUT2D eigenvalue weighted by Crippen LogP contribution is -2.33. The minimum absolute atomic E-state index is 0.109. The minimum Gasteiger partial charge on any atom is -0.370 e. The summed E-state index contributed by atoms with van der Waals surface area (Å²) in [4.78, 5) is 4.41. The van der Waals surface area contributed by atoms with Crippen molar-refractivity contribution in [2.45, 2.75) is 6.92 Å². The average Bonchev–Trinajstić information content (AvgIpc) is 2.29. The van der Waals surface area contributed by atoms with E-state index in [1.54, 1.807) is 6.92 Å². The molecule has 0 heterocycles. The molecule has 5 N–H and O–H groups in total. The molecule has 18 heavy (non-hydrogen) atoms. The van der Waals surface area contributed by atoms with Gasteiger partial charge in [-0.1, -0.05) is 0 Å². The first kappa shape index (κ1) is 13.8. The fourth-order valence-electron chi connectivity index (χ4n) is 1.34. The molecule has 5 nitrogen and oxygen atoms in total. The van der Waals surface area contributed by atoms with Crippen LogP contribution in [0.2, 0.25) is 0 Å². The molecule has 0 aliphatic heterocycles. The summed E-state index contributed by atoms with van der Waals surface area (Å²) in [5.74, 6) is -5.17. The van der Waals surface area contributed by atoms with E-state index in [-0.39, 0.29) is 18.2 Å². The molecule has 98 valence electrons. The van der Waals surface area contributed by atoms with E-state index >= 15 is 0 Å². The molecule has 0 atom stereocenters. The summed E-state index contributed by atoms with van der Waals surface area (Å²) in [6, 6.07) is 1.77. The number of nitrogens with one attached hydrogen (secondary N) is 1. The van der Waals surface area contributed by atoms with Gasteiger partial charge in [0.1, 0.15) is 0 Å². The smallest absolute Gasteiger partial charge is 0.225 e. The topological polar surface area (TPSA) is 91.5 Å². The van der Waals surface area contributed by atoms with Gasteiger partial charge in [0.25, 0.3) is 0 Å². The van der Waals surface area contributed by atoms with Crippen molar-refractivity contribution >= 4 is 17.6 Å². The zero-order valence-electron chi connectivity index (χ0n) is 9.54. The molecule has 0 saturated heterocycles. The molecule has 0 fully saturated rings. The summed E-state index contributed by atoms with van der Waals surface area (Å²) >= 11 is 0. The Morgan fingerprint density at radius 1 is 1.28 bits per heavy atom. The minimum atomic E-state index is -1.61. The molecular weight excluding hydrogens is 247 g/mol. The van der Waals surface area contributed by atoms with Crippen LogP contribution in [0.25, 0.3) is 0 Å². The molecule has 0 amide bonds. The molecule has 0 aliphatic carbocycles. The monoisotopic (exact) mass is 259 g/mol. The second-order valence-electron chi connectivity index (χ2n) is 3.30. The Bertz CT molecular complexity index is 497. The van der Waals surface area contributed by atoms with Gasteiger partial charge in [0, 0.05) is 6.54 Å². The maximum atomic E-state index is 13.5. The fraction of sp³-hybridized carbons (Fsp3) is 0.200. The van der Waals surface area contributed by atoms with E-state index in [1.165, 1.54) is 0 Å². The van der Waals surface area contributed by atoms with Crippen LogP contribution in [-0.2, 0) is 0 Å². The third kappa shape index (κ3) is 2.70. The molecule has 0 bridgehead atoms. The Morgan fingerprint density at radius 3 is 2.39 bits per heavy atom. The third-order valence-corrected chi connectivity index (χ3v) is 2.11. The number of aliphatic imine (C=N–C) groups is 1. The largest absolute Gasteiger partial charge is 0.370 e. The number of hydrogen-bond donors (Lipinski definition) is 3. The number of rotatable bonds is 2. The van der Waals surface area contributed by atoms with Crippen LogP contribution < -0.4 is 16.4 Å². The quantitative estimate of drug-likeness (QED) is 0.422. The highest BCUT2D eigenvalue weighted by molar-refractivity contribution is 6.01. The molecule has 8 heteroatoms. The highest BCUT2D eigenvalue weighted by Gasteiger charge is 2.20. The lowest BCUT2D eigenvalue weighted by atomic mass is 10.2. The zero-order valence-corrected chi connectivity index (χ0v) is 9.54. The normalized spacial score (nSPS) is 10.0. The SMILES string of the molecule is CCN(C(=N)N=C(N)N)c1ccc(F)c(F)c1F. The molecule has 0 saturated carbocycles. The number of nitrogens with zero attached hydrogens (tertiary/aromatic N) is 2. The van der Waals surface area contributed by atoms with Gasteiger partial charge in [-0.2, -0.15) is 4.99 Å². The first-order valence-corrected chi connectivity index (χ1v) is 4.97. The Balaban J connectivity index is 3.22. The van der Waals surface area contributed by atoms with Crippen LogP contribution in [0.5, 0.6) is 0 Å². The molecule has 1 rings (SSSR count). The molecule has 0 spiro atoms. The maximum absolute atomic E-state index is 13.5. The maximum Gasteiger partial charge on any atom is 0.225 e. The van der Waals surface area contributed by atoms with Crippen molar-refractivity contribution in [3.05, 3.63) is 29.6 Å². The van der Waals surface area contributed by atoms with E-state index < -0.39 is 23.4 Å². The van der Waals surface area contributed by atoms with Crippen LogP contribution in [0.1, 0.15) is 6.92 Å². The second kappa shape index (κ2) is 5.39. The lowest BCUT2D eigenvalue weighted by Gasteiger charge is -2.21. The number of nitrogens with two attached hydrogens (primary N) is 2. The third-order valence-electron chi connectivity index (χ3n) is 2.11. The van der Waals surface area contributed by atoms with Crippen molar-refractivity contribution in [2.24, 2.45) is 16.5 Å². The number of anilines is 1. The standard InChI is InChI=1S/C10H12F3N5/c1-2-18(10(16)17-9(14)15)6-4-3-5(11)7(12)8(6)13/h3-4H,2H2,1H3,(H5,14,15,16,17). The van der Waals surface area contributed by atoms with Crippen LogP contribution in [0.4, 0.5) is 18.9 Å². The van der Waals surface area contributed by atoms with Gasteiger partial charge in [0.15, 0.2) is 23.4 Å². The summed E-state index contributed by atoms with van der Waals surface area (Å²) in [6.07, 6.45) is 0. The Labute approximate surface area is 101 Å². The summed E-state index contributed by atoms with van der Waals surface area (Å²) in [7, 11) is 0. The van der Waals surface area contributed by atoms with Gasteiger partial charge in [0.2, 0.25) is 5.96 Å². The second-order valence-corrected chi connectivity index (χ2v) is 3.30. The summed E-state index contributed by atoms with van der Waals surface area (Å²) in [5, 5.41) is 7.53. The van der Waals surface area contributed by atoms with Gasteiger partial charge in [-0.3, -0.25) is 5.41 Å². The van der Waals surface area contributed by atoms with Crippen molar-refractivity contribution in [1.29, 1.82) is 5.41 Å². The van der Waals surface area contributed by atoms with Gasteiger partial charge in [-0.05, 0) is 19.1 Å². The zero-order chi connectivity index (χ0) is 13.9. The number of guanidine groups is 2. The first-order valence-electron chi connectivity index (χ1n) is 4.97. The summed E-state index contributed by atoms with van der Waals surface area (Å²) < 4.78 is 39.4. The van der Waals surface area contributed by atoms with Gasteiger partial charge in [0.05, 0.1) is 5.69 Å². The van der Waals surface area contributed by atoms with Gasteiger partial charge in [-0.25, -0.2) is 13.2 Å². The highest BCUT2D eigenvalue weighted by atomic mass is 19.2.